The molecule has 1 unspecified atom stereocenters. The molecule has 0 fully saturated rings. The van der Waals surface area contributed by atoms with Crippen molar-refractivity contribution in [1.29, 1.82) is 5.26 Å². The topological polar surface area (TPSA) is 56.5 Å². The number of ether oxygens (including phenoxy) is 1. The van der Waals surface area contributed by atoms with Gasteiger partial charge in [-0.05, 0) is 24.3 Å². The van der Waals surface area contributed by atoms with Gasteiger partial charge >= 0.3 is 0 Å². The molecule has 1 aromatic rings. The number of rotatable bonds is 5. The van der Waals surface area contributed by atoms with Gasteiger partial charge in [0.25, 0.3) is 0 Å². The third-order valence-electron chi connectivity index (χ3n) is 2.28. The van der Waals surface area contributed by atoms with Crippen molar-refractivity contribution in [1.82, 2.24) is 0 Å². The van der Waals surface area contributed by atoms with Gasteiger partial charge in [-0.2, -0.15) is 5.26 Å². The second kappa shape index (κ2) is 6.11. The van der Waals surface area contributed by atoms with E-state index >= 15 is 0 Å². The van der Waals surface area contributed by atoms with Gasteiger partial charge < -0.3 is 14.7 Å². The minimum atomic E-state index is -0.509. The molecule has 0 heterocycles. The first kappa shape index (κ1) is 12.5. The minimum absolute atomic E-state index is 0.320. The Morgan fingerprint density at radius 2 is 2.06 bits per heavy atom. The average molecular weight is 220 g/mol. The molecule has 1 N–H and O–H groups in total. The molecule has 0 spiro atoms. The molecule has 0 saturated carbocycles. The predicted molar refractivity (Wildman–Crippen MR) is 62.3 cm³/mol. The molecular weight excluding hydrogens is 204 g/mol. The van der Waals surface area contributed by atoms with Crippen LogP contribution in [0, 0.1) is 11.3 Å². The third kappa shape index (κ3) is 3.54. The Morgan fingerprint density at radius 3 is 2.56 bits per heavy atom. The zero-order valence-corrected chi connectivity index (χ0v) is 9.55. The maximum absolute atomic E-state index is 9.56. The van der Waals surface area contributed by atoms with Crippen LogP contribution in [0.25, 0.3) is 0 Å². The molecule has 0 saturated heterocycles. The van der Waals surface area contributed by atoms with Crippen molar-refractivity contribution in [2.75, 3.05) is 32.2 Å². The molecule has 0 aliphatic rings. The molecule has 1 atom stereocenters. The van der Waals surface area contributed by atoms with Gasteiger partial charge in [0.2, 0.25) is 0 Å². The summed E-state index contributed by atoms with van der Waals surface area (Å²) in [6.45, 7) is 0.820. The highest BCUT2D eigenvalue weighted by Crippen LogP contribution is 2.13. The van der Waals surface area contributed by atoms with Gasteiger partial charge in [-0.1, -0.05) is 0 Å². The standard InChI is InChI=1S/C12H16N2O2/c1-14(8-12(15)9-16-2)11-5-3-10(7-13)4-6-11/h3-6,12,15H,8-9H2,1-2H3. The van der Waals surface area contributed by atoms with Crippen LogP contribution in [-0.2, 0) is 4.74 Å². The summed E-state index contributed by atoms with van der Waals surface area (Å²) in [5.41, 5.74) is 1.60. The van der Waals surface area contributed by atoms with Crippen molar-refractivity contribution < 1.29 is 9.84 Å². The van der Waals surface area contributed by atoms with E-state index in [1.54, 1.807) is 19.2 Å². The Kier molecular flexibility index (Phi) is 4.77. The first-order valence-corrected chi connectivity index (χ1v) is 5.05. The SMILES string of the molecule is COCC(O)CN(C)c1ccc(C#N)cc1. The van der Waals surface area contributed by atoms with Gasteiger partial charge in [0.15, 0.2) is 0 Å². The monoisotopic (exact) mass is 220 g/mol. The van der Waals surface area contributed by atoms with Crippen molar-refractivity contribution in [3.05, 3.63) is 29.8 Å². The van der Waals surface area contributed by atoms with E-state index in [1.165, 1.54) is 0 Å². The molecule has 0 aliphatic heterocycles. The fourth-order valence-corrected chi connectivity index (χ4v) is 1.46. The van der Waals surface area contributed by atoms with E-state index in [0.29, 0.717) is 18.7 Å². The highest BCUT2D eigenvalue weighted by atomic mass is 16.5. The molecule has 0 bridgehead atoms. The molecule has 0 amide bonds. The zero-order valence-electron chi connectivity index (χ0n) is 9.55. The molecule has 0 radical (unpaired) electrons. The molecule has 16 heavy (non-hydrogen) atoms. The van der Waals surface area contributed by atoms with Crippen molar-refractivity contribution in [2.45, 2.75) is 6.10 Å². The van der Waals surface area contributed by atoms with Crippen LogP contribution in [-0.4, -0.2) is 38.5 Å². The van der Waals surface area contributed by atoms with Gasteiger partial charge in [0.1, 0.15) is 0 Å². The summed E-state index contributed by atoms with van der Waals surface area (Å²) >= 11 is 0. The Morgan fingerprint density at radius 1 is 1.44 bits per heavy atom. The summed E-state index contributed by atoms with van der Waals surface area (Å²) in [6, 6.07) is 9.30. The Hall–Kier alpha value is -1.57. The lowest BCUT2D eigenvalue weighted by atomic mass is 10.2. The zero-order chi connectivity index (χ0) is 12.0. The van der Waals surface area contributed by atoms with Crippen LogP contribution >= 0.6 is 0 Å². The van der Waals surface area contributed by atoms with E-state index in [0.717, 1.165) is 5.69 Å². The number of aliphatic hydroxyl groups excluding tert-OH is 1. The van der Waals surface area contributed by atoms with Crippen LogP contribution in [0.5, 0.6) is 0 Å². The van der Waals surface area contributed by atoms with Crippen molar-refractivity contribution in [3.63, 3.8) is 0 Å². The number of nitriles is 1. The summed E-state index contributed by atoms with van der Waals surface area (Å²) in [5, 5.41) is 18.2. The van der Waals surface area contributed by atoms with Gasteiger partial charge in [0.05, 0.1) is 24.3 Å². The van der Waals surface area contributed by atoms with E-state index in [9.17, 15) is 5.11 Å². The van der Waals surface area contributed by atoms with E-state index in [2.05, 4.69) is 6.07 Å². The molecule has 1 rings (SSSR count). The Balaban J connectivity index is 2.59. The summed E-state index contributed by atoms with van der Waals surface area (Å²) in [7, 11) is 3.45. The average Bonchev–Trinajstić information content (AvgIpc) is 2.29. The lowest BCUT2D eigenvalue weighted by Crippen LogP contribution is -2.31. The fourth-order valence-electron chi connectivity index (χ4n) is 1.46. The van der Waals surface area contributed by atoms with E-state index in [4.69, 9.17) is 10.00 Å². The first-order chi connectivity index (χ1) is 7.67. The number of likely N-dealkylation sites (N-methyl/N-ethyl adjacent to an activating group) is 1. The maximum atomic E-state index is 9.56. The fraction of sp³-hybridized carbons (Fsp3) is 0.417. The third-order valence-corrected chi connectivity index (χ3v) is 2.28. The van der Waals surface area contributed by atoms with Gasteiger partial charge in [0, 0.05) is 26.4 Å². The van der Waals surface area contributed by atoms with Crippen molar-refractivity contribution in [2.24, 2.45) is 0 Å². The number of anilines is 1. The van der Waals surface area contributed by atoms with E-state index in [1.807, 2.05) is 24.1 Å². The van der Waals surface area contributed by atoms with Crippen LogP contribution in [0.15, 0.2) is 24.3 Å². The molecule has 0 aromatic heterocycles. The number of aliphatic hydroxyl groups is 1. The van der Waals surface area contributed by atoms with Gasteiger partial charge in [-0.15, -0.1) is 0 Å². The largest absolute Gasteiger partial charge is 0.389 e. The lowest BCUT2D eigenvalue weighted by Gasteiger charge is -2.22. The number of methoxy groups -OCH3 is 1. The van der Waals surface area contributed by atoms with Crippen molar-refractivity contribution in [3.8, 4) is 6.07 Å². The number of nitrogens with zero attached hydrogens (tertiary/aromatic N) is 2. The molecule has 4 nitrogen and oxygen atoms in total. The molecule has 1 aromatic carbocycles. The highest BCUT2D eigenvalue weighted by Gasteiger charge is 2.08. The highest BCUT2D eigenvalue weighted by molar-refractivity contribution is 5.49. The number of hydrogen-bond donors (Lipinski definition) is 1. The van der Waals surface area contributed by atoms with Crippen LogP contribution in [0.1, 0.15) is 5.56 Å². The van der Waals surface area contributed by atoms with Crippen LogP contribution in [0.4, 0.5) is 5.69 Å². The normalized spacial score (nSPS) is 11.9. The van der Waals surface area contributed by atoms with Crippen LogP contribution < -0.4 is 4.90 Å². The van der Waals surface area contributed by atoms with E-state index < -0.39 is 6.10 Å². The van der Waals surface area contributed by atoms with E-state index in [-0.39, 0.29) is 0 Å². The molecule has 86 valence electrons. The maximum Gasteiger partial charge on any atom is 0.0991 e. The summed E-state index contributed by atoms with van der Waals surface area (Å²) < 4.78 is 4.86. The molecular formula is C12H16N2O2. The first-order valence-electron chi connectivity index (χ1n) is 5.05. The number of hydrogen-bond acceptors (Lipinski definition) is 4. The predicted octanol–water partition coefficient (Wildman–Crippen LogP) is 1.00. The van der Waals surface area contributed by atoms with Gasteiger partial charge in [-0.3, -0.25) is 0 Å². The summed E-state index contributed by atoms with van der Waals surface area (Å²) in [5.74, 6) is 0. The number of benzene rings is 1. The van der Waals surface area contributed by atoms with Crippen LogP contribution in [0.2, 0.25) is 0 Å². The second-order valence-electron chi connectivity index (χ2n) is 3.65. The smallest absolute Gasteiger partial charge is 0.0991 e. The van der Waals surface area contributed by atoms with Crippen LogP contribution in [0.3, 0.4) is 0 Å². The Bertz CT molecular complexity index is 356. The second-order valence-corrected chi connectivity index (χ2v) is 3.65. The molecule has 4 heteroatoms. The van der Waals surface area contributed by atoms with Crippen molar-refractivity contribution >= 4 is 5.69 Å². The van der Waals surface area contributed by atoms with Gasteiger partial charge in [-0.25, -0.2) is 0 Å². The minimum Gasteiger partial charge on any atom is -0.389 e. The Labute approximate surface area is 95.7 Å². The molecule has 0 aliphatic carbocycles. The summed E-state index contributed by atoms with van der Waals surface area (Å²) in [4.78, 5) is 1.92. The lowest BCUT2D eigenvalue weighted by molar-refractivity contribution is 0.0695. The quantitative estimate of drug-likeness (QED) is 0.804. The summed E-state index contributed by atoms with van der Waals surface area (Å²) in [6.07, 6.45) is -0.509.